The Balaban J connectivity index is 2.38. The van der Waals surface area contributed by atoms with Gasteiger partial charge in [0.1, 0.15) is 0 Å². The molecule has 16 heavy (non-hydrogen) atoms. The van der Waals surface area contributed by atoms with Crippen molar-refractivity contribution in [3.05, 3.63) is 41.7 Å². The van der Waals surface area contributed by atoms with Crippen LogP contribution in [0.3, 0.4) is 0 Å². The highest BCUT2D eigenvalue weighted by molar-refractivity contribution is 9.09. The zero-order valence-electron chi connectivity index (χ0n) is 8.68. The lowest BCUT2D eigenvalue weighted by Gasteiger charge is -2.05. The van der Waals surface area contributed by atoms with Crippen molar-refractivity contribution in [3.63, 3.8) is 0 Å². The monoisotopic (exact) mass is 354 g/mol. The lowest BCUT2D eigenvalue weighted by atomic mass is 10.2. The van der Waals surface area contributed by atoms with Crippen molar-refractivity contribution in [3.8, 4) is 0 Å². The molecule has 2 rings (SSSR count). The largest absolute Gasteiger partial charge is 0.145 e. The summed E-state index contributed by atoms with van der Waals surface area (Å²) in [5.41, 5.74) is 2.25. The van der Waals surface area contributed by atoms with Crippen LogP contribution in [0, 0.1) is 13.8 Å². The fourth-order valence-electron chi connectivity index (χ4n) is 1.36. The molecule has 0 aliphatic carbocycles. The second-order valence-electron chi connectivity index (χ2n) is 3.56. The number of halogens is 3. The number of alkyl halides is 1. The summed E-state index contributed by atoms with van der Waals surface area (Å²) in [7, 11) is 0. The van der Waals surface area contributed by atoms with Crippen molar-refractivity contribution in [2.24, 2.45) is 0 Å². The third-order valence-electron chi connectivity index (χ3n) is 2.28. The fraction of sp³-hybridized carbons (Fsp3) is 0.273. The highest BCUT2D eigenvalue weighted by Gasteiger charge is 2.19. The fourth-order valence-corrected chi connectivity index (χ4v) is 5.03. The van der Waals surface area contributed by atoms with E-state index in [-0.39, 0.29) is 4.83 Å². The van der Waals surface area contributed by atoms with Crippen molar-refractivity contribution in [1.82, 2.24) is 0 Å². The standard InChI is InChI=1S/C11H9BrCl2S2/c1-5-3-7(16-11(5)14)8(12)10-9(13)6(2)4-15-10/h3-4,8H,1-2H3. The molecule has 2 aromatic heterocycles. The lowest BCUT2D eigenvalue weighted by Crippen LogP contribution is -1.86. The van der Waals surface area contributed by atoms with E-state index in [2.05, 4.69) is 27.4 Å². The molecule has 0 spiro atoms. The Labute approximate surface area is 121 Å². The first-order valence-corrected chi connectivity index (χ1v) is 8.01. The second kappa shape index (κ2) is 4.99. The molecule has 0 aliphatic heterocycles. The van der Waals surface area contributed by atoms with Crippen LogP contribution in [-0.4, -0.2) is 0 Å². The highest BCUT2D eigenvalue weighted by atomic mass is 79.9. The first-order valence-electron chi connectivity index (χ1n) is 4.64. The van der Waals surface area contributed by atoms with Crippen LogP contribution in [0.15, 0.2) is 11.4 Å². The van der Waals surface area contributed by atoms with Gasteiger partial charge in [-0.3, -0.25) is 0 Å². The number of rotatable bonds is 2. The Hall–Kier alpha value is 0.460. The minimum absolute atomic E-state index is 0.148. The van der Waals surface area contributed by atoms with Crippen molar-refractivity contribution < 1.29 is 0 Å². The molecule has 0 saturated carbocycles. The molecule has 86 valence electrons. The molecule has 0 amide bonds. The smallest absolute Gasteiger partial charge is 0.0960 e. The van der Waals surface area contributed by atoms with E-state index in [1.165, 1.54) is 4.88 Å². The lowest BCUT2D eigenvalue weighted by molar-refractivity contribution is 1.27. The summed E-state index contributed by atoms with van der Waals surface area (Å²) in [4.78, 5) is 2.50. The van der Waals surface area contributed by atoms with E-state index in [1.807, 2.05) is 13.8 Å². The maximum Gasteiger partial charge on any atom is 0.0960 e. The molecule has 1 unspecified atom stereocenters. The second-order valence-corrected chi connectivity index (χ2v) is 7.46. The SMILES string of the molecule is Cc1cc(C(Br)c2scc(C)c2Cl)sc1Cl. The van der Waals surface area contributed by atoms with Crippen LogP contribution in [0.4, 0.5) is 0 Å². The van der Waals surface area contributed by atoms with Gasteiger partial charge < -0.3 is 0 Å². The Morgan fingerprint density at radius 1 is 1.25 bits per heavy atom. The third-order valence-corrected chi connectivity index (χ3v) is 7.24. The van der Waals surface area contributed by atoms with E-state index in [9.17, 15) is 0 Å². The quantitative estimate of drug-likeness (QED) is 0.561. The van der Waals surface area contributed by atoms with E-state index >= 15 is 0 Å². The molecule has 0 N–H and O–H groups in total. The molecule has 2 aromatic rings. The average Bonchev–Trinajstić information content (AvgIpc) is 2.73. The van der Waals surface area contributed by atoms with Gasteiger partial charge in [-0.25, -0.2) is 0 Å². The molecule has 0 aliphatic rings. The Morgan fingerprint density at radius 2 is 1.94 bits per heavy atom. The van der Waals surface area contributed by atoms with Gasteiger partial charge >= 0.3 is 0 Å². The Kier molecular flexibility index (Phi) is 4.02. The van der Waals surface area contributed by atoms with E-state index in [0.29, 0.717) is 0 Å². The molecule has 0 aromatic carbocycles. The highest BCUT2D eigenvalue weighted by Crippen LogP contribution is 2.44. The summed E-state index contributed by atoms with van der Waals surface area (Å²) in [5.74, 6) is 0. The van der Waals surface area contributed by atoms with Gasteiger partial charge in [-0.05, 0) is 36.4 Å². The van der Waals surface area contributed by atoms with Crippen molar-refractivity contribution >= 4 is 61.8 Å². The summed E-state index contributed by atoms with van der Waals surface area (Å²) >= 11 is 19.3. The summed E-state index contributed by atoms with van der Waals surface area (Å²) < 4.78 is 0.851. The minimum atomic E-state index is 0.148. The predicted molar refractivity (Wildman–Crippen MR) is 78.9 cm³/mol. The van der Waals surface area contributed by atoms with E-state index in [4.69, 9.17) is 23.2 Å². The van der Waals surface area contributed by atoms with Gasteiger partial charge in [0.2, 0.25) is 0 Å². The summed E-state index contributed by atoms with van der Waals surface area (Å²) in [5, 5.41) is 2.93. The van der Waals surface area contributed by atoms with Gasteiger partial charge in [0, 0.05) is 9.75 Å². The minimum Gasteiger partial charge on any atom is -0.145 e. The van der Waals surface area contributed by atoms with Crippen LogP contribution in [-0.2, 0) is 0 Å². The maximum absolute atomic E-state index is 6.25. The van der Waals surface area contributed by atoms with Crippen LogP contribution >= 0.6 is 61.8 Å². The summed E-state index contributed by atoms with van der Waals surface area (Å²) in [6.45, 7) is 4.04. The summed E-state index contributed by atoms with van der Waals surface area (Å²) in [6, 6.07) is 2.11. The molecule has 0 fully saturated rings. The average molecular weight is 356 g/mol. The number of thiophene rings is 2. The zero-order valence-corrected chi connectivity index (χ0v) is 13.4. The summed E-state index contributed by atoms with van der Waals surface area (Å²) in [6.07, 6.45) is 0. The van der Waals surface area contributed by atoms with E-state index < -0.39 is 0 Å². The predicted octanol–water partition coefficient (Wildman–Crippen LogP) is 6.22. The topological polar surface area (TPSA) is 0 Å². The molecule has 0 saturated heterocycles. The number of aryl methyl sites for hydroxylation is 2. The van der Waals surface area contributed by atoms with Crippen LogP contribution in [0.1, 0.15) is 25.7 Å². The van der Waals surface area contributed by atoms with Crippen molar-refractivity contribution in [2.75, 3.05) is 0 Å². The number of hydrogen-bond donors (Lipinski definition) is 0. The molecule has 1 atom stereocenters. The molecule has 0 radical (unpaired) electrons. The molecular formula is C11H9BrCl2S2. The third kappa shape index (κ3) is 2.34. The van der Waals surface area contributed by atoms with Crippen molar-refractivity contribution in [2.45, 2.75) is 18.7 Å². The van der Waals surface area contributed by atoms with Gasteiger partial charge in [-0.15, -0.1) is 22.7 Å². The normalized spacial score (nSPS) is 13.1. The Bertz CT molecular complexity index is 497. The van der Waals surface area contributed by atoms with Gasteiger partial charge in [-0.2, -0.15) is 0 Å². The van der Waals surface area contributed by atoms with E-state index in [1.54, 1.807) is 22.7 Å². The van der Waals surface area contributed by atoms with Gasteiger partial charge in [0.25, 0.3) is 0 Å². The maximum atomic E-state index is 6.25. The first kappa shape index (κ1) is 12.9. The first-order chi connectivity index (χ1) is 7.50. The van der Waals surface area contributed by atoms with Crippen LogP contribution in [0.5, 0.6) is 0 Å². The van der Waals surface area contributed by atoms with Gasteiger partial charge in [0.15, 0.2) is 0 Å². The molecule has 5 heteroatoms. The molecule has 2 heterocycles. The number of hydrogen-bond acceptors (Lipinski definition) is 2. The Morgan fingerprint density at radius 3 is 2.38 bits per heavy atom. The molecule has 0 nitrogen and oxygen atoms in total. The van der Waals surface area contributed by atoms with Gasteiger partial charge in [0.05, 0.1) is 14.2 Å². The van der Waals surface area contributed by atoms with Gasteiger partial charge in [-0.1, -0.05) is 39.1 Å². The van der Waals surface area contributed by atoms with Crippen LogP contribution < -0.4 is 0 Å². The van der Waals surface area contributed by atoms with Crippen molar-refractivity contribution in [1.29, 1.82) is 0 Å². The zero-order chi connectivity index (χ0) is 11.9. The molecule has 0 bridgehead atoms. The van der Waals surface area contributed by atoms with E-state index in [0.717, 1.165) is 25.4 Å². The van der Waals surface area contributed by atoms with Crippen LogP contribution in [0.25, 0.3) is 0 Å². The molecular weight excluding hydrogens is 347 g/mol. The van der Waals surface area contributed by atoms with Crippen LogP contribution in [0.2, 0.25) is 9.36 Å².